The number of rotatable bonds is 1. The second-order valence-corrected chi connectivity index (χ2v) is 3.31. The van der Waals surface area contributed by atoms with Gasteiger partial charge in [-0.1, -0.05) is 6.92 Å². The molecule has 2 rings (SSSR count). The van der Waals surface area contributed by atoms with Crippen molar-refractivity contribution in [1.29, 1.82) is 0 Å². The van der Waals surface area contributed by atoms with Gasteiger partial charge in [-0.2, -0.15) is 5.53 Å². The van der Waals surface area contributed by atoms with Gasteiger partial charge in [-0.25, -0.2) is 10.0 Å². The van der Waals surface area contributed by atoms with Gasteiger partial charge in [0.25, 0.3) is 0 Å². The van der Waals surface area contributed by atoms with Crippen molar-refractivity contribution in [2.75, 3.05) is 13.6 Å². The zero-order chi connectivity index (χ0) is 7.14. The summed E-state index contributed by atoms with van der Waals surface area (Å²) in [4.78, 5) is 0. The predicted molar refractivity (Wildman–Crippen MR) is 40.1 cm³/mol. The maximum absolute atomic E-state index is 3.32. The summed E-state index contributed by atoms with van der Waals surface area (Å²) in [6.45, 7) is 3.50. The lowest BCUT2D eigenvalue weighted by Gasteiger charge is -2.32. The van der Waals surface area contributed by atoms with Crippen LogP contribution in [0.2, 0.25) is 0 Å². The molecular weight excluding hydrogens is 126 g/mol. The van der Waals surface area contributed by atoms with Crippen LogP contribution in [0.5, 0.6) is 0 Å². The summed E-state index contributed by atoms with van der Waals surface area (Å²) in [5.74, 6) is 0. The van der Waals surface area contributed by atoms with E-state index in [1.165, 1.54) is 19.4 Å². The van der Waals surface area contributed by atoms with E-state index in [-0.39, 0.29) is 0 Å². The molecule has 0 saturated carbocycles. The van der Waals surface area contributed by atoms with Gasteiger partial charge in [0.05, 0.1) is 0 Å². The number of nitrogens with one attached hydrogen (secondary N) is 1. The molecule has 2 aliphatic heterocycles. The molecule has 0 bridgehead atoms. The molecule has 2 fully saturated rings. The molecule has 3 unspecified atom stereocenters. The summed E-state index contributed by atoms with van der Waals surface area (Å²) in [5, 5.41) is 4.51. The fourth-order valence-electron chi connectivity index (χ4n) is 1.70. The van der Waals surface area contributed by atoms with E-state index >= 15 is 0 Å². The molecule has 58 valence electrons. The minimum Gasteiger partial charge on any atom is -0.231 e. The van der Waals surface area contributed by atoms with Crippen molar-refractivity contribution in [3.63, 3.8) is 0 Å². The largest absolute Gasteiger partial charge is 0.231 e. The van der Waals surface area contributed by atoms with E-state index in [2.05, 4.69) is 29.5 Å². The molecule has 0 aromatic rings. The van der Waals surface area contributed by atoms with Gasteiger partial charge in [0, 0.05) is 25.7 Å². The van der Waals surface area contributed by atoms with E-state index in [0.29, 0.717) is 0 Å². The minimum atomic E-state index is 0.753. The van der Waals surface area contributed by atoms with Crippen molar-refractivity contribution in [1.82, 2.24) is 15.6 Å². The van der Waals surface area contributed by atoms with Crippen LogP contribution in [-0.4, -0.2) is 35.7 Å². The number of fused-ring (bicyclic) bond motifs is 1. The molecule has 0 aliphatic carbocycles. The predicted octanol–water partition coefficient (Wildman–Crippen LogP) is 0.204. The number of hydrogen-bond acceptors (Lipinski definition) is 3. The number of hydrazine groups is 2. The fourth-order valence-corrected chi connectivity index (χ4v) is 1.70. The van der Waals surface area contributed by atoms with Crippen LogP contribution in [0, 0.1) is 0 Å². The van der Waals surface area contributed by atoms with Crippen LogP contribution >= 0.6 is 0 Å². The normalized spacial score (nSPS) is 46.8. The average Bonchev–Trinajstić information content (AvgIpc) is 2.64. The third-order valence-electron chi connectivity index (χ3n) is 2.56. The van der Waals surface area contributed by atoms with Crippen LogP contribution in [0.3, 0.4) is 0 Å². The molecule has 10 heavy (non-hydrogen) atoms. The van der Waals surface area contributed by atoms with E-state index in [1.807, 2.05) is 0 Å². The highest BCUT2D eigenvalue weighted by Gasteiger charge is 2.41. The Kier molecular flexibility index (Phi) is 1.44. The maximum atomic E-state index is 3.32. The molecule has 0 radical (unpaired) electrons. The summed E-state index contributed by atoms with van der Waals surface area (Å²) in [6.07, 6.45) is 2.61. The van der Waals surface area contributed by atoms with Gasteiger partial charge < -0.3 is 0 Å². The smallest absolute Gasteiger partial charge is 0.0414 e. The Bertz CT molecular complexity index is 137. The van der Waals surface area contributed by atoms with Crippen LogP contribution in [0.25, 0.3) is 0 Å². The Morgan fingerprint density at radius 2 is 2.40 bits per heavy atom. The average molecular weight is 141 g/mol. The first-order valence-corrected chi connectivity index (χ1v) is 4.07. The monoisotopic (exact) mass is 141 g/mol. The molecule has 3 atom stereocenters. The van der Waals surface area contributed by atoms with Gasteiger partial charge >= 0.3 is 0 Å². The van der Waals surface area contributed by atoms with Gasteiger partial charge in [0.2, 0.25) is 0 Å². The quantitative estimate of drug-likeness (QED) is 0.526. The number of nitrogens with zero attached hydrogens (tertiary/aromatic N) is 2. The molecule has 3 nitrogen and oxygen atoms in total. The molecule has 0 spiro atoms. The van der Waals surface area contributed by atoms with Crippen molar-refractivity contribution in [3.8, 4) is 0 Å². The van der Waals surface area contributed by atoms with Crippen LogP contribution in [0.1, 0.15) is 19.8 Å². The third kappa shape index (κ3) is 0.944. The standard InChI is InChI=1S/C7H15N3/c1-3-6-4-7-5-10(7)8-9(6)2/h6-8H,3-5H2,1-2H3. The lowest BCUT2D eigenvalue weighted by atomic mass is 10.1. The van der Waals surface area contributed by atoms with Gasteiger partial charge in [0.15, 0.2) is 0 Å². The molecule has 0 aromatic heterocycles. The highest BCUT2D eigenvalue weighted by atomic mass is 15.8. The Morgan fingerprint density at radius 1 is 1.60 bits per heavy atom. The third-order valence-corrected chi connectivity index (χ3v) is 2.56. The van der Waals surface area contributed by atoms with Gasteiger partial charge in [0.1, 0.15) is 0 Å². The summed E-state index contributed by atoms with van der Waals surface area (Å²) in [7, 11) is 2.13. The lowest BCUT2D eigenvalue weighted by Crippen LogP contribution is -2.50. The Hall–Kier alpha value is -0.120. The Morgan fingerprint density at radius 3 is 3.10 bits per heavy atom. The van der Waals surface area contributed by atoms with Gasteiger partial charge in [-0.15, -0.1) is 0 Å². The van der Waals surface area contributed by atoms with Crippen LogP contribution < -0.4 is 5.53 Å². The van der Waals surface area contributed by atoms with Crippen LogP contribution in [0.4, 0.5) is 0 Å². The van der Waals surface area contributed by atoms with E-state index in [9.17, 15) is 0 Å². The highest BCUT2D eigenvalue weighted by molar-refractivity contribution is 4.92. The first-order chi connectivity index (χ1) is 4.81. The molecule has 0 aromatic carbocycles. The van der Waals surface area contributed by atoms with Crippen molar-refractivity contribution in [3.05, 3.63) is 0 Å². The SMILES string of the molecule is CCC1CC2CN2NN1C. The maximum Gasteiger partial charge on any atom is 0.0414 e. The van der Waals surface area contributed by atoms with Crippen molar-refractivity contribution in [2.24, 2.45) is 0 Å². The summed E-state index contributed by atoms with van der Waals surface area (Å²) < 4.78 is 0. The van der Waals surface area contributed by atoms with E-state index < -0.39 is 0 Å². The Balaban J connectivity index is 1.94. The molecule has 0 amide bonds. The molecule has 2 aliphatic rings. The van der Waals surface area contributed by atoms with E-state index in [1.54, 1.807) is 0 Å². The van der Waals surface area contributed by atoms with Crippen molar-refractivity contribution >= 4 is 0 Å². The van der Waals surface area contributed by atoms with Gasteiger partial charge in [-0.3, -0.25) is 0 Å². The van der Waals surface area contributed by atoms with Gasteiger partial charge in [-0.05, 0) is 12.8 Å². The van der Waals surface area contributed by atoms with Crippen LogP contribution in [0.15, 0.2) is 0 Å². The van der Waals surface area contributed by atoms with E-state index in [0.717, 1.165) is 12.1 Å². The number of hydrogen-bond donors (Lipinski definition) is 1. The highest BCUT2D eigenvalue weighted by Crippen LogP contribution is 2.26. The molecule has 3 heteroatoms. The molecule has 2 heterocycles. The second-order valence-electron chi connectivity index (χ2n) is 3.31. The van der Waals surface area contributed by atoms with Crippen molar-refractivity contribution in [2.45, 2.75) is 31.8 Å². The van der Waals surface area contributed by atoms with Crippen LogP contribution in [-0.2, 0) is 0 Å². The van der Waals surface area contributed by atoms with Crippen molar-refractivity contribution < 1.29 is 0 Å². The molecule has 1 N–H and O–H groups in total. The molecular formula is C7H15N3. The first-order valence-electron chi connectivity index (χ1n) is 4.07. The topological polar surface area (TPSA) is 18.3 Å². The molecule has 2 saturated heterocycles. The zero-order valence-electron chi connectivity index (χ0n) is 6.67. The summed E-state index contributed by atoms with van der Waals surface area (Å²) in [6, 6.07) is 1.60. The minimum absolute atomic E-state index is 0.753. The summed E-state index contributed by atoms with van der Waals surface area (Å²) >= 11 is 0. The lowest BCUT2D eigenvalue weighted by molar-refractivity contribution is 0.0333. The Labute approximate surface area is 61.9 Å². The fraction of sp³-hybridized carbons (Fsp3) is 1.00. The first kappa shape index (κ1) is 6.58. The summed E-state index contributed by atoms with van der Waals surface area (Å²) in [5.41, 5.74) is 3.32. The van der Waals surface area contributed by atoms with E-state index in [4.69, 9.17) is 0 Å². The zero-order valence-corrected chi connectivity index (χ0v) is 6.67. The second kappa shape index (κ2) is 2.19.